The summed E-state index contributed by atoms with van der Waals surface area (Å²) in [5, 5.41) is 8.52. The van der Waals surface area contributed by atoms with E-state index in [0.717, 1.165) is 32.2 Å². The zero-order valence-electron chi connectivity index (χ0n) is 9.04. The Morgan fingerprint density at radius 2 is 2.14 bits per heavy atom. The normalized spacial score (nSPS) is 15.8. The summed E-state index contributed by atoms with van der Waals surface area (Å²) < 4.78 is 5.05. The summed E-state index contributed by atoms with van der Waals surface area (Å²) in [6, 6.07) is 2.20. The fourth-order valence-electron chi connectivity index (χ4n) is 1.54. The van der Waals surface area contributed by atoms with Crippen LogP contribution in [0.4, 0.5) is 0 Å². The monoisotopic (exact) mass is 196 g/mol. The molecule has 1 saturated carbocycles. The third-order valence-electron chi connectivity index (χ3n) is 2.70. The smallest absolute Gasteiger partial charge is 0.0635 e. The fraction of sp³-hybridized carbons (Fsp3) is 0.909. The number of nitriles is 1. The van der Waals surface area contributed by atoms with Crippen LogP contribution in [0.3, 0.4) is 0 Å². The number of hydrogen-bond acceptors (Lipinski definition) is 3. The second-order valence-electron chi connectivity index (χ2n) is 3.97. The quantitative estimate of drug-likeness (QED) is 0.592. The van der Waals surface area contributed by atoms with Gasteiger partial charge in [0, 0.05) is 26.6 Å². The molecule has 1 rings (SSSR count). The first kappa shape index (κ1) is 11.5. The van der Waals surface area contributed by atoms with Gasteiger partial charge in [-0.15, -0.1) is 0 Å². The lowest BCUT2D eigenvalue weighted by atomic mass is 10.2. The lowest BCUT2D eigenvalue weighted by Gasteiger charge is -2.20. The molecule has 0 aliphatic heterocycles. The van der Waals surface area contributed by atoms with Gasteiger partial charge in [-0.2, -0.15) is 5.26 Å². The van der Waals surface area contributed by atoms with Gasteiger partial charge in [0.2, 0.25) is 0 Å². The van der Waals surface area contributed by atoms with Crippen molar-refractivity contribution in [3.63, 3.8) is 0 Å². The van der Waals surface area contributed by atoms with Crippen LogP contribution in [-0.4, -0.2) is 38.3 Å². The second kappa shape index (κ2) is 6.80. The molecule has 0 N–H and O–H groups in total. The average Bonchev–Trinajstić information content (AvgIpc) is 3.00. The van der Waals surface area contributed by atoms with Crippen molar-refractivity contribution in [2.45, 2.75) is 25.7 Å². The van der Waals surface area contributed by atoms with Crippen molar-refractivity contribution in [2.24, 2.45) is 5.92 Å². The van der Waals surface area contributed by atoms with Gasteiger partial charge >= 0.3 is 0 Å². The third-order valence-corrected chi connectivity index (χ3v) is 2.70. The van der Waals surface area contributed by atoms with Crippen molar-refractivity contribution in [2.75, 3.05) is 33.4 Å². The first-order valence-electron chi connectivity index (χ1n) is 5.45. The first-order valence-corrected chi connectivity index (χ1v) is 5.45. The van der Waals surface area contributed by atoms with E-state index in [9.17, 15) is 0 Å². The van der Waals surface area contributed by atoms with E-state index in [1.807, 2.05) is 0 Å². The Hall–Kier alpha value is -0.590. The van der Waals surface area contributed by atoms with Gasteiger partial charge in [0.05, 0.1) is 12.7 Å². The van der Waals surface area contributed by atoms with Gasteiger partial charge in [0.15, 0.2) is 0 Å². The molecule has 3 nitrogen and oxygen atoms in total. The maximum absolute atomic E-state index is 8.52. The van der Waals surface area contributed by atoms with Gasteiger partial charge in [-0.1, -0.05) is 12.8 Å². The molecule has 0 spiro atoms. The summed E-state index contributed by atoms with van der Waals surface area (Å²) >= 11 is 0. The summed E-state index contributed by atoms with van der Waals surface area (Å²) in [4.78, 5) is 2.34. The Labute approximate surface area is 86.6 Å². The summed E-state index contributed by atoms with van der Waals surface area (Å²) in [6.07, 6.45) is 4.76. The summed E-state index contributed by atoms with van der Waals surface area (Å²) in [5.41, 5.74) is 0. The zero-order valence-corrected chi connectivity index (χ0v) is 9.04. The van der Waals surface area contributed by atoms with Crippen molar-refractivity contribution in [1.29, 1.82) is 5.26 Å². The summed E-state index contributed by atoms with van der Waals surface area (Å²) in [5.74, 6) is 0.974. The molecule has 1 fully saturated rings. The van der Waals surface area contributed by atoms with Crippen molar-refractivity contribution >= 4 is 0 Å². The molecule has 1 aliphatic carbocycles. The number of rotatable bonds is 8. The van der Waals surface area contributed by atoms with Gasteiger partial charge in [-0.25, -0.2) is 0 Å². The first-order chi connectivity index (χ1) is 6.86. The van der Waals surface area contributed by atoms with E-state index in [2.05, 4.69) is 11.0 Å². The molecule has 0 atom stereocenters. The lowest BCUT2D eigenvalue weighted by Crippen LogP contribution is -2.29. The van der Waals surface area contributed by atoms with Crippen molar-refractivity contribution in [1.82, 2.24) is 4.90 Å². The molecule has 0 aromatic rings. The van der Waals surface area contributed by atoms with E-state index in [1.54, 1.807) is 7.11 Å². The standard InChI is InChI=1S/C11H20N2O/c1-14-10-9-13(7-2-6-12)8-5-11-3-4-11/h11H,2-5,7-10H2,1H3. The molecule has 0 bridgehead atoms. The molecule has 0 aromatic carbocycles. The SMILES string of the molecule is COCCN(CCC#N)CCC1CC1. The highest BCUT2D eigenvalue weighted by Gasteiger charge is 2.21. The van der Waals surface area contributed by atoms with E-state index < -0.39 is 0 Å². The molecule has 0 radical (unpaired) electrons. The molecule has 0 aromatic heterocycles. The third kappa shape index (κ3) is 5.21. The largest absolute Gasteiger partial charge is 0.383 e. The van der Waals surface area contributed by atoms with E-state index in [4.69, 9.17) is 10.00 Å². The molecule has 80 valence electrons. The predicted octanol–water partition coefficient (Wildman–Crippen LogP) is 1.65. The summed E-state index contributed by atoms with van der Waals surface area (Å²) in [6.45, 7) is 3.77. The molecular weight excluding hydrogens is 176 g/mol. The highest BCUT2D eigenvalue weighted by atomic mass is 16.5. The van der Waals surface area contributed by atoms with Crippen LogP contribution in [0.1, 0.15) is 25.7 Å². The fourth-order valence-corrected chi connectivity index (χ4v) is 1.54. The molecule has 14 heavy (non-hydrogen) atoms. The number of nitrogens with zero attached hydrogens (tertiary/aromatic N) is 2. The Balaban J connectivity index is 2.09. The molecule has 0 saturated heterocycles. The van der Waals surface area contributed by atoms with Gasteiger partial charge in [0.25, 0.3) is 0 Å². The predicted molar refractivity (Wildman–Crippen MR) is 55.9 cm³/mol. The van der Waals surface area contributed by atoms with Gasteiger partial charge in [0.1, 0.15) is 0 Å². The molecule has 0 unspecified atom stereocenters. The van der Waals surface area contributed by atoms with Crippen LogP contribution in [0.5, 0.6) is 0 Å². The number of ether oxygens (including phenoxy) is 1. The molecule has 1 aliphatic rings. The Bertz CT molecular complexity index is 184. The van der Waals surface area contributed by atoms with Crippen molar-refractivity contribution in [3.8, 4) is 6.07 Å². The topological polar surface area (TPSA) is 36.3 Å². The minimum atomic E-state index is 0.633. The van der Waals surface area contributed by atoms with Gasteiger partial charge in [-0.05, 0) is 18.9 Å². The van der Waals surface area contributed by atoms with E-state index in [-0.39, 0.29) is 0 Å². The average molecular weight is 196 g/mol. The molecule has 0 amide bonds. The van der Waals surface area contributed by atoms with Crippen LogP contribution in [0.25, 0.3) is 0 Å². The van der Waals surface area contributed by atoms with E-state index in [0.29, 0.717) is 6.42 Å². The molecule has 3 heteroatoms. The van der Waals surface area contributed by atoms with E-state index >= 15 is 0 Å². The lowest BCUT2D eigenvalue weighted by molar-refractivity contribution is 0.147. The summed E-state index contributed by atoms with van der Waals surface area (Å²) in [7, 11) is 1.73. The maximum Gasteiger partial charge on any atom is 0.0635 e. The minimum absolute atomic E-state index is 0.633. The number of methoxy groups -OCH3 is 1. The van der Waals surface area contributed by atoms with Crippen LogP contribution in [-0.2, 0) is 4.74 Å². The van der Waals surface area contributed by atoms with Crippen molar-refractivity contribution < 1.29 is 4.74 Å². The highest BCUT2D eigenvalue weighted by molar-refractivity contribution is 4.77. The van der Waals surface area contributed by atoms with Crippen LogP contribution in [0, 0.1) is 17.2 Å². The minimum Gasteiger partial charge on any atom is -0.383 e. The van der Waals surface area contributed by atoms with Crippen LogP contribution < -0.4 is 0 Å². The second-order valence-corrected chi connectivity index (χ2v) is 3.97. The Kier molecular flexibility index (Phi) is 5.58. The highest BCUT2D eigenvalue weighted by Crippen LogP contribution is 2.32. The van der Waals surface area contributed by atoms with Crippen LogP contribution >= 0.6 is 0 Å². The van der Waals surface area contributed by atoms with Crippen molar-refractivity contribution in [3.05, 3.63) is 0 Å². The number of hydrogen-bond donors (Lipinski definition) is 0. The van der Waals surface area contributed by atoms with Crippen LogP contribution in [0.2, 0.25) is 0 Å². The Morgan fingerprint density at radius 3 is 2.71 bits per heavy atom. The van der Waals surface area contributed by atoms with Gasteiger partial charge < -0.3 is 9.64 Å². The Morgan fingerprint density at radius 1 is 1.36 bits per heavy atom. The van der Waals surface area contributed by atoms with E-state index in [1.165, 1.54) is 19.3 Å². The molecule has 0 heterocycles. The van der Waals surface area contributed by atoms with Gasteiger partial charge in [-0.3, -0.25) is 0 Å². The maximum atomic E-state index is 8.52. The molecular formula is C11H20N2O. The zero-order chi connectivity index (χ0) is 10.2. The van der Waals surface area contributed by atoms with Crippen LogP contribution in [0.15, 0.2) is 0 Å².